The first kappa shape index (κ1) is 9.37. The number of rotatable bonds is 1. The zero-order chi connectivity index (χ0) is 8.43. The van der Waals surface area contributed by atoms with Gasteiger partial charge in [-0.2, -0.15) is 0 Å². The molecule has 0 bridgehead atoms. The summed E-state index contributed by atoms with van der Waals surface area (Å²) < 4.78 is 1.02. The van der Waals surface area contributed by atoms with Crippen LogP contribution in [0, 0.1) is 0 Å². The van der Waals surface area contributed by atoms with Crippen molar-refractivity contribution < 1.29 is 0 Å². The Bertz CT molecular complexity index is 271. The van der Waals surface area contributed by atoms with Gasteiger partial charge >= 0.3 is 0 Å². The monoisotopic (exact) mass is 252 g/mol. The van der Waals surface area contributed by atoms with Crippen LogP contribution >= 0.6 is 39.1 Å². The maximum atomic E-state index is 5.94. The molecule has 1 rings (SSSR count). The molecule has 0 saturated carbocycles. The predicted octanol–water partition coefficient (Wildman–Crippen LogP) is 4.32. The van der Waals surface area contributed by atoms with E-state index in [1.165, 1.54) is 0 Å². The number of benzene rings is 1. The highest BCUT2D eigenvalue weighted by molar-refractivity contribution is 9.10. The maximum Gasteiger partial charge on any atom is 0.0635 e. The van der Waals surface area contributed by atoms with Crippen LogP contribution in [0.5, 0.6) is 0 Å². The third kappa shape index (κ3) is 1.90. The zero-order valence-electron chi connectivity index (χ0n) is 6.00. The fourth-order valence-electron chi connectivity index (χ4n) is 0.893. The van der Waals surface area contributed by atoms with Crippen LogP contribution in [0.2, 0.25) is 10.0 Å². The van der Waals surface area contributed by atoms with Crippen LogP contribution in [-0.2, 0) is 6.42 Å². The molecule has 0 unspecified atom stereocenters. The van der Waals surface area contributed by atoms with E-state index in [9.17, 15) is 0 Å². The largest absolute Gasteiger partial charge is 0.0827 e. The van der Waals surface area contributed by atoms with Gasteiger partial charge in [-0.3, -0.25) is 0 Å². The second kappa shape index (κ2) is 3.79. The maximum absolute atomic E-state index is 5.94. The number of hydrogen-bond donors (Lipinski definition) is 0. The first-order valence-electron chi connectivity index (χ1n) is 3.29. The Morgan fingerprint density at radius 1 is 1.36 bits per heavy atom. The molecule has 0 atom stereocenters. The summed E-state index contributed by atoms with van der Waals surface area (Å²) in [7, 11) is 0. The molecule has 11 heavy (non-hydrogen) atoms. The standard InChI is InChI=1S/C8H7BrCl2/c1-2-5-6(9)3-4-7(10)8(5)11/h3-4H,2H2,1H3. The highest BCUT2D eigenvalue weighted by Gasteiger charge is 2.05. The molecule has 0 amide bonds. The Morgan fingerprint density at radius 3 is 2.45 bits per heavy atom. The van der Waals surface area contributed by atoms with Crippen LogP contribution in [0.15, 0.2) is 16.6 Å². The lowest BCUT2D eigenvalue weighted by molar-refractivity contribution is 1.13. The van der Waals surface area contributed by atoms with Gasteiger partial charge in [-0.05, 0) is 24.1 Å². The van der Waals surface area contributed by atoms with Crippen molar-refractivity contribution in [2.45, 2.75) is 13.3 Å². The highest BCUT2D eigenvalue weighted by atomic mass is 79.9. The van der Waals surface area contributed by atoms with E-state index in [-0.39, 0.29) is 0 Å². The summed E-state index contributed by atoms with van der Waals surface area (Å²) >= 11 is 15.1. The highest BCUT2D eigenvalue weighted by Crippen LogP contribution is 2.31. The Morgan fingerprint density at radius 2 is 2.00 bits per heavy atom. The molecule has 0 radical (unpaired) electrons. The summed E-state index contributed by atoms with van der Waals surface area (Å²) in [6.45, 7) is 2.04. The van der Waals surface area contributed by atoms with Gasteiger partial charge in [0, 0.05) is 4.47 Å². The minimum Gasteiger partial charge on any atom is -0.0827 e. The third-order valence-corrected chi connectivity index (χ3v) is 3.08. The molecule has 0 heterocycles. The van der Waals surface area contributed by atoms with E-state index in [1.807, 2.05) is 13.0 Å². The topological polar surface area (TPSA) is 0 Å². The van der Waals surface area contributed by atoms with Gasteiger partial charge < -0.3 is 0 Å². The molecule has 0 nitrogen and oxygen atoms in total. The van der Waals surface area contributed by atoms with E-state index in [0.717, 1.165) is 16.5 Å². The van der Waals surface area contributed by atoms with Crippen LogP contribution in [-0.4, -0.2) is 0 Å². The van der Waals surface area contributed by atoms with E-state index in [1.54, 1.807) is 6.07 Å². The van der Waals surface area contributed by atoms with E-state index in [0.29, 0.717) is 10.0 Å². The predicted molar refractivity (Wildman–Crippen MR) is 53.5 cm³/mol. The molecule has 3 heteroatoms. The van der Waals surface area contributed by atoms with Crippen molar-refractivity contribution in [2.24, 2.45) is 0 Å². The van der Waals surface area contributed by atoms with Gasteiger partial charge in [-0.1, -0.05) is 46.1 Å². The van der Waals surface area contributed by atoms with Crippen LogP contribution in [0.1, 0.15) is 12.5 Å². The van der Waals surface area contributed by atoms with Gasteiger partial charge in [0.25, 0.3) is 0 Å². The fourth-order valence-corrected chi connectivity index (χ4v) is 2.09. The van der Waals surface area contributed by atoms with E-state index in [2.05, 4.69) is 15.9 Å². The Balaban J connectivity index is 3.29. The first-order valence-corrected chi connectivity index (χ1v) is 4.84. The van der Waals surface area contributed by atoms with Crippen LogP contribution in [0.3, 0.4) is 0 Å². The second-order valence-corrected chi connectivity index (χ2v) is 3.81. The lowest BCUT2D eigenvalue weighted by atomic mass is 10.2. The molecule has 1 aromatic carbocycles. The van der Waals surface area contributed by atoms with Crippen molar-refractivity contribution in [3.05, 3.63) is 32.2 Å². The molecule has 0 fully saturated rings. The molecule has 0 spiro atoms. The molecule has 0 aromatic heterocycles. The van der Waals surface area contributed by atoms with Gasteiger partial charge in [0.05, 0.1) is 10.0 Å². The van der Waals surface area contributed by atoms with Crippen molar-refractivity contribution in [1.82, 2.24) is 0 Å². The molecular formula is C8H7BrCl2. The van der Waals surface area contributed by atoms with Gasteiger partial charge in [-0.25, -0.2) is 0 Å². The summed E-state index contributed by atoms with van der Waals surface area (Å²) in [4.78, 5) is 0. The molecule has 0 aliphatic rings. The summed E-state index contributed by atoms with van der Waals surface area (Å²) in [5.41, 5.74) is 1.07. The van der Waals surface area contributed by atoms with Crippen molar-refractivity contribution in [2.75, 3.05) is 0 Å². The quantitative estimate of drug-likeness (QED) is 0.654. The molecule has 0 aliphatic heterocycles. The Kier molecular flexibility index (Phi) is 3.23. The average molecular weight is 254 g/mol. The van der Waals surface area contributed by atoms with E-state index < -0.39 is 0 Å². The van der Waals surface area contributed by atoms with Crippen LogP contribution < -0.4 is 0 Å². The number of hydrogen-bond acceptors (Lipinski definition) is 0. The smallest absolute Gasteiger partial charge is 0.0635 e. The van der Waals surface area contributed by atoms with Crippen molar-refractivity contribution in [1.29, 1.82) is 0 Å². The minimum absolute atomic E-state index is 0.617. The summed E-state index contributed by atoms with van der Waals surface area (Å²) in [6, 6.07) is 3.69. The summed E-state index contributed by atoms with van der Waals surface area (Å²) in [5.74, 6) is 0. The zero-order valence-corrected chi connectivity index (χ0v) is 9.09. The second-order valence-electron chi connectivity index (χ2n) is 2.18. The van der Waals surface area contributed by atoms with Gasteiger partial charge in [0.15, 0.2) is 0 Å². The average Bonchev–Trinajstić information content (AvgIpc) is 1.99. The SMILES string of the molecule is CCc1c(Br)ccc(Cl)c1Cl. The van der Waals surface area contributed by atoms with E-state index in [4.69, 9.17) is 23.2 Å². The molecule has 0 N–H and O–H groups in total. The minimum atomic E-state index is 0.617. The Labute approximate surface area is 84.6 Å². The molecular weight excluding hydrogens is 247 g/mol. The van der Waals surface area contributed by atoms with Gasteiger partial charge in [0.2, 0.25) is 0 Å². The summed E-state index contributed by atoms with van der Waals surface area (Å²) in [5, 5.41) is 1.27. The Hall–Kier alpha value is 0.280. The van der Waals surface area contributed by atoms with Gasteiger partial charge in [-0.15, -0.1) is 0 Å². The van der Waals surface area contributed by atoms with Crippen molar-refractivity contribution in [3.63, 3.8) is 0 Å². The third-order valence-electron chi connectivity index (χ3n) is 1.49. The first-order chi connectivity index (χ1) is 5.16. The molecule has 0 aliphatic carbocycles. The molecule has 0 saturated heterocycles. The lowest BCUT2D eigenvalue weighted by Gasteiger charge is -2.04. The van der Waals surface area contributed by atoms with Crippen molar-refractivity contribution >= 4 is 39.1 Å². The van der Waals surface area contributed by atoms with Crippen LogP contribution in [0.25, 0.3) is 0 Å². The van der Waals surface area contributed by atoms with Crippen LogP contribution in [0.4, 0.5) is 0 Å². The molecule has 60 valence electrons. The van der Waals surface area contributed by atoms with Gasteiger partial charge in [0.1, 0.15) is 0 Å². The summed E-state index contributed by atoms with van der Waals surface area (Å²) in [6.07, 6.45) is 0.889. The van der Waals surface area contributed by atoms with E-state index >= 15 is 0 Å². The van der Waals surface area contributed by atoms with Crippen molar-refractivity contribution in [3.8, 4) is 0 Å². The lowest BCUT2D eigenvalue weighted by Crippen LogP contribution is -1.84. The normalized spacial score (nSPS) is 10.2. The fraction of sp³-hybridized carbons (Fsp3) is 0.250. The molecule has 1 aromatic rings. The number of halogens is 3.